The second-order valence-corrected chi connectivity index (χ2v) is 7.96. The Kier molecular flexibility index (Phi) is 6.01. The van der Waals surface area contributed by atoms with Crippen molar-refractivity contribution < 1.29 is 4.79 Å². The number of aryl methyl sites for hydroxylation is 2. The van der Waals surface area contributed by atoms with Crippen LogP contribution in [0.2, 0.25) is 0 Å². The first-order chi connectivity index (χ1) is 12.9. The van der Waals surface area contributed by atoms with E-state index in [1.165, 1.54) is 0 Å². The van der Waals surface area contributed by atoms with Crippen LogP contribution in [-0.2, 0) is 11.3 Å². The molecular weight excluding hydrogens is 342 g/mol. The van der Waals surface area contributed by atoms with Gasteiger partial charge in [-0.15, -0.1) is 0 Å². The number of guanidine groups is 1. The van der Waals surface area contributed by atoms with E-state index in [0.717, 1.165) is 69.2 Å². The number of rotatable bonds is 5. The first-order valence-electron chi connectivity index (χ1n) is 10.1. The van der Waals surface area contributed by atoms with Gasteiger partial charge in [-0.1, -0.05) is 12.8 Å². The van der Waals surface area contributed by atoms with E-state index in [9.17, 15) is 4.79 Å². The SMILES string of the molecule is CCNC(=NCC1(C(=O)N(C)C)CCCC1)NC1CCCn2nc(C)nc21. The summed E-state index contributed by atoms with van der Waals surface area (Å²) in [4.78, 5) is 23.9. The summed E-state index contributed by atoms with van der Waals surface area (Å²) in [6.45, 7) is 6.21. The van der Waals surface area contributed by atoms with Crippen molar-refractivity contribution in [3.05, 3.63) is 11.6 Å². The quantitative estimate of drug-likeness (QED) is 0.603. The summed E-state index contributed by atoms with van der Waals surface area (Å²) in [6.07, 6.45) is 6.11. The normalized spacial score (nSPS) is 21.6. The lowest BCUT2D eigenvalue weighted by Crippen LogP contribution is -2.44. The number of fused-ring (bicyclic) bond motifs is 1. The van der Waals surface area contributed by atoms with Crippen molar-refractivity contribution in [1.82, 2.24) is 30.3 Å². The highest BCUT2D eigenvalue weighted by Crippen LogP contribution is 2.39. The topological polar surface area (TPSA) is 87.4 Å². The van der Waals surface area contributed by atoms with Crippen molar-refractivity contribution in [2.24, 2.45) is 10.4 Å². The molecule has 8 heteroatoms. The zero-order chi connectivity index (χ0) is 19.4. The van der Waals surface area contributed by atoms with E-state index in [0.29, 0.717) is 6.54 Å². The Bertz CT molecular complexity index is 688. The van der Waals surface area contributed by atoms with Crippen molar-refractivity contribution in [3.8, 4) is 0 Å². The maximum Gasteiger partial charge on any atom is 0.230 e. The number of hydrogen-bond acceptors (Lipinski definition) is 4. The van der Waals surface area contributed by atoms with Gasteiger partial charge in [0.2, 0.25) is 5.91 Å². The fraction of sp³-hybridized carbons (Fsp3) is 0.789. The molecule has 1 amide bonds. The lowest BCUT2D eigenvalue weighted by molar-refractivity contribution is -0.138. The largest absolute Gasteiger partial charge is 0.357 e. The Balaban J connectivity index is 1.76. The van der Waals surface area contributed by atoms with E-state index < -0.39 is 0 Å². The molecule has 3 rings (SSSR count). The monoisotopic (exact) mass is 375 g/mol. The Morgan fingerprint density at radius 3 is 2.74 bits per heavy atom. The molecule has 0 spiro atoms. The van der Waals surface area contributed by atoms with Gasteiger partial charge in [0.15, 0.2) is 5.96 Å². The number of nitrogens with one attached hydrogen (secondary N) is 2. The number of carbonyl (C=O) groups is 1. The van der Waals surface area contributed by atoms with Gasteiger partial charge in [-0.05, 0) is 39.5 Å². The minimum Gasteiger partial charge on any atom is -0.357 e. The van der Waals surface area contributed by atoms with Crippen LogP contribution in [0, 0.1) is 12.3 Å². The number of aliphatic imine (C=N–C) groups is 1. The number of nitrogens with zero attached hydrogens (tertiary/aromatic N) is 5. The molecule has 0 radical (unpaired) electrons. The van der Waals surface area contributed by atoms with Crippen LogP contribution in [0.5, 0.6) is 0 Å². The van der Waals surface area contributed by atoms with Crippen LogP contribution in [0.1, 0.15) is 63.1 Å². The van der Waals surface area contributed by atoms with E-state index in [2.05, 4.69) is 27.6 Å². The van der Waals surface area contributed by atoms with E-state index >= 15 is 0 Å². The predicted octanol–water partition coefficient (Wildman–Crippen LogP) is 1.63. The maximum atomic E-state index is 12.8. The summed E-state index contributed by atoms with van der Waals surface area (Å²) in [7, 11) is 3.68. The van der Waals surface area contributed by atoms with Crippen molar-refractivity contribution in [1.29, 1.82) is 0 Å². The van der Waals surface area contributed by atoms with E-state index in [4.69, 9.17) is 4.99 Å². The van der Waals surface area contributed by atoms with E-state index in [1.54, 1.807) is 4.90 Å². The lowest BCUT2D eigenvalue weighted by Gasteiger charge is -2.30. The fourth-order valence-electron chi connectivity index (χ4n) is 4.29. The van der Waals surface area contributed by atoms with Gasteiger partial charge < -0.3 is 15.5 Å². The standard InChI is InChI=1S/C19H33N7O/c1-5-20-18(21-13-19(10-6-7-11-19)17(27)25(3)4)23-15-9-8-12-26-16(15)22-14(2)24-26/h15H,5-13H2,1-4H3,(H2,20,21,23). The summed E-state index contributed by atoms with van der Waals surface area (Å²) >= 11 is 0. The molecule has 1 unspecified atom stereocenters. The molecule has 8 nitrogen and oxygen atoms in total. The second-order valence-electron chi connectivity index (χ2n) is 7.96. The predicted molar refractivity (Wildman–Crippen MR) is 105 cm³/mol. The molecule has 0 bridgehead atoms. The van der Waals surface area contributed by atoms with Gasteiger partial charge >= 0.3 is 0 Å². The van der Waals surface area contributed by atoms with Crippen LogP contribution in [0.15, 0.2) is 4.99 Å². The number of aromatic nitrogens is 3. The molecule has 1 aliphatic carbocycles. The second kappa shape index (κ2) is 8.27. The molecule has 0 saturated heterocycles. The molecule has 1 saturated carbocycles. The summed E-state index contributed by atoms with van der Waals surface area (Å²) in [5, 5.41) is 11.3. The zero-order valence-electron chi connectivity index (χ0n) is 17.1. The maximum absolute atomic E-state index is 12.8. The molecule has 1 aromatic heterocycles. The molecule has 27 heavy (non-hydrogen) atoms. The third kappa shape index (κ3) is 4.25. The average molecular weight is 376 g/mol. The summed E-state index contributed by atoms with van der Waals surface area (Å²) in [6, 6.07) is 0.0989. The number of carbonyl (C=O) groups excluding carboxylic acids is 1. The smallest absolute Gasteiger partial charge is 0.230 e. The first-order valence-corrected chi connectivity index (χ1v) is 10.1. The molecule has 0 aromatic carbocycles. The van der Waals surface area contributed by atoms with Crippen molar-refractivity contribution in [2.45, 2.75) is 65.0 Å². The van der Waals surface area contributed by atoms with Gasteiger partial charge in [0, 0.05) is 27.2 Å². The molecule has 150 valence electrons. The summed E-state index contributed by atoms with van der Waals surface area (Å²) in [5.41, 5.74) is -0.352. The highest BCUT2D eigenvalue weighted by molar-refractivity contribution is 5.84. The van der Waals surface area contributed by atoms with Gasteiger partial charge in [-0.25, -0.2) is 9.67 Å². The van der Waals surface area contributed by atoms with Crippen LogP contribution in [0.4, 0.5) is 0 Å². The minimum atomic E-state index is -0.352. The third-order valence-electron chi connectivity index (χ3n) is 5.60. The van der Waals surface area contributed by atoms with Crippen LogP contribution < -0.4 is 10.6 Å². The number of hydrogen-bond donors (Lipinski definition) is 2. The Morgan fingerprint density at radius 2 is 2.07 bits per heavy atom. The van der Waals surface area contributed by atoms with Crippen molar-refractivity contribution >= 4 is 11.9 Å². The Labute approximate surface area is 161 Å². The highest BCUT2D eigenvalue weighted by Gasteiger charge is 2.42. The minimum absolute atomic E-state index is 0.0989. The Morgan fingerprint density at radius 1 is 1.33 bits per heavy atom. The van der Waals surface area contributed by atoms with Gasteiger partial charge in [0.25, 0.3) is 0 Å². The molecule has 2 heterocycles. The van der Waals surface area contributed by atoms with E-state index in [-0.39, 0.29) is 17.4 Å². The lowest BCUT2D eigenvalue weighted by atomic mass is 9.85. The third-order valence-corrected chi connectivity index (χ3v) is 5.60. The van der Waals surface area contributed by atoms with E-state index in [1.807, 2.05) is 25.7 Å². The van der Waals surface area contributed by atoms with Gasteiger partial charge in [0.1, 0.15) is 11.6 Å². The molecular formula is C19H33N7O. The van der Waals surface area contributed by atoms with Crippen LogP contribution >= 0.6 is 0 Å². The first kappa shape index (κ1) is 19.6. The van der Waals surface area contributed by atoms with Crippen LogP contribution in [0.25, 0.3) is 0 Å². The van der Waals surface area contributed by atoms with Crippen LogP contribution in [-0.4, -0.2) is 58.7 Å². The summed E-state index contributed by atoms with van der Waals surface area (Å²) in [5.74, 6) is 2.74. The molecule has 1 aliphatic heterocycles. The zero-order valence-corrected chi connectivity index (χ0v) is 17.1. The average Bonchev–Trinajstić information content (AvgIpc) is 3.26. The molecule has 2 N–H and O–H groups in total. The van der Waals surface area contributed by atoms with Gasteiger partial charge in [-0.2, -0.15) is 5.10 Å². The van der Waals surface area contributed by atoms with Gasteiger partial charge in [0.05, 0.1) is 18.0 Å². The highest BCUT2D eigenvalue weighted by atomic mass is 16.2. The molecule has 1 fully saturated rings. The number of amides is 1. The fourth-order valence-corrected chi connectivity index (χ4v) is 4.29. The van der Waals surface area contributed by atoms with Crippen LogP contribution in [0.3, 0.4) is 0 Å². The molecule has 1 aromatic rings. The molecule has 1 atom stereocenters. The summed E-state index contributed by atoms with van der Waals surface area (Å²) < 4.78 is 1.99. The van der Waals surface area contributed by atoms with Gasteiger partial charge in [-0.3, -0.25) is 9.79 Å². The van der Waals surface area contributed by atoms with Crippen molar-refractivity contribution in [3.63, 3.8) is 0 Å². The molecule has 2 aliphatic rings. The Hall–Kier alpha value is -2.12. The van der Waals surface area contributed by atoms with Crippen molar-refractivity contribution in [2.75, 3.05) is 27.2 Å².